The molecule has 81 valence electrons. The highest BCUT2D eigenvalue weighted by molar-refractivity contribution is 6.28. The zero-order valence-corrected chi connectivity index (χ0v) is 8.66. The Morgan fingerprint density at radius 3 is 2.59 bits per heavy atom. The Labute approximate surface area is 96.7 Å². The van der Waals surface area contributed by atoms with E-state index in [1.807, 2.05) is 0 Å². The summed E-state index contributed by atoms with van der Waals surface area (Å²) in [7, 11) is 0. The van der Waals surface area contributed by atoms with E-state index in [1.165, 1.54) is 30.3 Å². The molecule has 3 rings (SSSR count). The molecule has 0 aromatic heterocycles. The van der Waals surface area contributed by atoms with Crippen molar-refractivity contribution in [3.8, 4) is 0 Å². The van der Waals surface area contributed by atoms with Gasteiger partial charge >= 0.3 is 0 Å². The largest absolute Gasteiger partial charge is 0.289 e. The van der Waals surface area contributed by atoms with Crippen molar-refractivity contribution in [3.05, 3.63) is 70.5 Å². The van der Waals surface area contributed by atoms with E-state index in [2.05, 4.69) is 6.07 Å². The second kappa shape index (κ2) is 3.35. The third kappa shape index (κ3) is 1.25. The molecule has 1 aliphatic carbocycles. The minimum Gasteiger partial charge on any atom is -0.289 e. The fourth-order valence-electron chi connectivity index (χ4n) is 2.04. The molecular weight excluding hydrogens is 219 g/mol. The standard InChI is InChI=1S/C14H6FO2/c15-11-7-3-6-10-12(11)14(17)9-5-2-1-4-8(9)13(10)16/h1,3-7H. The van der Waals surface area contributed by atoms with Gasteiger partial charge in [0.1, 0.15) is 5.82 Å². The number of benzene rings is 2. The van der Waals surface area contributed by atoms with Crippen LogP contribution in [-0.2, 0) is 0 Å². The van der Waals surface area contributed by atoms with Gasteiger partial charge in [-0.25, -0.2) is 4.39 Å². The number of carbonyl (C=O) groups is 2. The maximum Gasteiger partial charge on any atom is 0.197 e. The van der Waals surface area contributed by atoms with Gasteiger partial charge in [0.15, 0.2) is 11.6 Å². The molecule has 0 fully saturated rings. The van der Waals surface area contributed by atoms with E-state index in [1.54, 1.807) is 6.07 Å². The first-order valence-electron chi connectivity index (χ1n) is 5.08. The van der Waals surface area contributed by atoms with Gasteiger partial charge < -0.3 is 0 Å². The Kier molecular flexibility index (Phi) is 1.95. The molecular formula is C14H6FO2. The third-order valence-electron chi connectivity index (χ3n) is 2.84. The molecule has 0 amide bonds. The number of hydrogen-bond acceptors (Lipinski definition) is 2. The van der Waals surface area contributed by atoms with Crippen molar-refractivity contribution < 1.29 is 14.0 Å². The van der Waals surface area contributed by atoms with E-state index in [-0.39, 0.29) is 22.5 Å². The zero-order valence-electron chi connectivity index (χ0n) is 8.66. The summed E-state index contributed by atoms with van der Waals surface area (Å²) < 4.78 is 13.6. The minimum atomic E-state index is -0.657. The molecule has 0 saturated heterocycles. The molecule has 0 N–H and O–H groups in total. The second-order valence-corrected chi connectivity index (χ2v) is 3.79. The molecule has 3 heteroatoms. The number of fused-ring (bicyclic) bond motifs is 2. The van der Waals surface area contributed by atoms with Gasteiger partial charge in [0.05, 0.1) is 5.56 Å². The monoisotopic (exact) mass is 225 g/mol. The summed E-state index contributed by atoms with van der Waals surface area (Å²) in [5.74, 6) is -1.43. The molecule has 0 saturated carbocycles. The van der Waals surface area contributed by atoms with Crippen molar-refractivity contribution in [3.63, 3.8) is 0 Å². The summed E-state index contributed by atoms with van der Waals surface area (Å²) in [6.07, 6.45) is 0. The fraction of sp³-hybridized carbons (Fsp3) is 0. The van der Waals surface area contributed by atoms with Gasteiger partial charge in [0, 0.05) is 16.7 Å². The Balaban J connectivity index is 2.37. The van der Waals surface area contributed by atoms with Crippen molar-refractivity contribution in [2.75, 3.05) is 0 Å². The molecule has 2 nitrogen and oxygen atoms in total. The maximum atomic E-state index is 13.6. The molecule has 0 heterocycles. The fourth-order valence-corrected chi connectivity index (χ4v) is 2.04. The lowest BCUT2D eigenvalue weighted by Crippen LogP contribution is -2.22. The molecule has 1 aliphatic rings. The molecule has 1 radical (unpaired) electrons. The van der Waals surface area contributed by atoms with Gasteiger partial charge in [-0.3, -0.25) is 9.59 Å². The number of hydrogen-bond donors (Lipinski definition) is 0. The van der Waals surface area contributed by atoms with Crippen molar-refractivity contribution in [2.45, 2.75) is 0 Å². The van der Waals surface area contributed by atoms with Crippen LogP contribution in [0.1, 0.15) is 31.8 Å². The Morgan fingerprint density at radius 2 is 1.76 bits per heavy atom. The molecule has 0 spiro atoms. The Bertz CT molecular complexity index is 659. The number of ketones is 2. The van der Waals surface area contributed by atoms with E-state index in [9.17, 15) is 14.0 Å². The SMILES string of the molecule is O=C1c2cc[c]cc2C(=O)c2c(F)cccc21. The first-order valence-corrected chi connectivity index (χ1v) is 5.08. The normalized spacial score (nSPS) is 13.2. The topological polar surface area (TPSA) is 34.1 Å². The number of rotatable bonds is 0. The summed E-state index contributed by atoms with van der Waals surface area (Å²) in [5.41, 5.74) is 0.528. The van der Waals surface area contributed by atoms with Crippen LogP contribution in [0.3, 0.4) is 0 Å². The maximum absolute atomic E-state index is 13.6. The lowest BCUT2D eigenvalue weighted by Gasteiger charge is -2.17. The predicted molar refractivity (Wildman–Crippen MR) is 58.5 cm³/mol. The van der Waals surface area contributed by atoms with Gasteiger partial charge in [0.2, 0.25) is 0 Å². The van der Waals surface area contributed by atoms with Gasteiger partial charge in [-0.05, 0) is 24.3 Å². The average Bonchev–Trinajstić information content (AvgIpc) is 2.36. The summed E-state index contributed by atoms with van der Waals surface area (Å²) in [4.78, 5) is 24.1. The summed E-state index contributed by atoms with van der Waals surface area (Å²) >= 11 is 0. The highest BCUT2D eigenvalue weighted by Gasteiger charge is 2.31. The van der Waals surface area contributed by atoms with Crippen LogP contribution in [0.25, 0.3) is 0 Å². The van der Waals surface area contributed by atoms with E-state index in [0.29, 0.717) is 5.56 Å². The van der Waals surface area contributed by atoms with Crippen LogP contribution in [0.2, 0.25) is 0 Å². The van der Waals surface area contributed by atoms with Crippen LogP contribution < -0.4 is 0 Å². The van der Waals surface area contributed by atoms with Gasteiger partial charge in [0.25, 0.3) is 0 Å². The summed E-state index contributed by atoms with van der Waals surface area (Å²) in [6, 6.07) is 11.3. The number of carbonyl (C=O) groups excluding carboxylic acids is 2. The smallest absolute Gasteiger partial charge is 0.197 e. The molecule has 0 aliphatic heterocycles. The van der Waals surface area contributed by atoms with Crippen LogP contribution >= 0.6 is 0 Å². The van der Waals surface area contributed by atoms with E-state index in [0.717, 1.165) is 0 Å². The van der Waals surface area contributed by atoms with Crippen molar-refractivity contribution in [1.29, 1.82) is 0 Å². The van der Waals surface area contributed by atoms with Crippen LogP contribution in [-0.4, -0.2) is 11.6 Å². The minimum absolute atomic E-state index is 0.133. The lowest BCUT2D eigenvalue weighted by atomic mass is 9.84. The quantitative estimate of drug-likeness (QED) is 0.588. The van der Waals surface area contributed by atoms with Crippen LogP contribution in [0, 0.1) is 11.9 Å². The highest BCUT2D eigenvalue weighted by atomic mass is 19.1. The molecule has 0 bridgehead atoms. The first-order chi connectivity index (χ1) is 8.20. The Morgan fingerprint density at radius 1 is 0.941 bits per heavy atom. The molecule has 0 atom stereocenters. The van der Waals surface area contributed by atoms with E-state index in [4.69, 9.17) is 0 Å². The highest BCUT2D eigenvalue weighted by Crippen LogP contribution is 2.28. The van der Waals surface area contributed by atoms with E-state index < -0.39 is 11.6 Å². The third-order valence-corrected chi connectivity index (χ3v) is 2.84. The van der Waals surface area contributed by atoms with Crippen LogP contribution in [0.15, 0.2) is 36.4 Å². The lowest BCUT2D eigenvalue weighted by molar-refractivity contribution is 0.0975. The van der Waals surface area contributed by atoms with Crippen molar-refractivity contribution >= 4 is 11.6 Å². The molecule has 0 unspecified atom stereocenters. The Hall–Kier alpha value is -2.29. The van der Waals surface area contributed by atoms with Gasteiger partial charge in [-0.2, -0.15) is 0 Å². The zero-order chi connectivity index (χ0) is 12.0. The first kappa shape index (κ1) is 9.90. The molecule has 2 aromatic rings. The molecule has 17 heavy (non-hydrogen) atoms. The average molecular weight is 225 g/mol. The van der Waals surface area contributed by atoms with Crippen molar-refractivity contribution in [1.82, 2.24) is 0 Å². The van der Waals surface area contributed by atoms with Gasteiger partial charge in [-0.15, -0.1) is 0 Å². The molecule has 2 aromatic carbocycles. The van der Waals surface area contributed by atoms with E-state index >= 15 is 0 Å². The van der Waals surface area contributed by atoms with Crippen LogP contribution in [0.4, 0.5) is 4.39 Å². The predicted octanol–water partition coefficient (Wildman–Crippen LogP) is 2.40. The number of halogens is 1. The van der Waals surface area contributed by atoms with Crippen LogP contribution in [0.5, 0.6) is 0 Å². The van der Waals surface area contributed by atoms with Gasteiger partial charge in [-0.1, -0.05) is 18.2 Å². The second-order valence-electron chi connectivity index (χ2n) is 3.79. The summed E-state index contributed by atoms with van der Waals surface area (Å²) in [5, 5.41) is 0. The van der Waals surface area contributed by atoms with Crippen molar-refractivity contribution in [2.24, 2.45) is 0 Å². The summed E-state index contributed by atoms with van der Waals surface area (Å²) in [6.45, 7) is 0.